The van der Waals surface area contributed by atoms with Gasteiger partial charge in [-0.1, -0.05) is 22.9 Å². The number of halogens is 1. The van der Waals surface area contributed by atoms with Crippen molar-refractivity contribution in [3.8, 4) is 0 Å². The van der Waals surface area contributed by atoms with E-state index in [1.54, 1.807) is 0 Å². The van der Waals surface area contributed by atoms with Gasteiger partial charge in [0, 0.05) is 5.33 Å². The molecule has 0 heterocycles. The molecule has 2 atom stereocenters. The van der Waals surface area contributed by atoms with Crippen molar-refractivity contribution in [3.05, 3.63) is 0 Å². The summed E-state index contributed by atoms with van der Waals surface area (Å²) in [5.41, 5.74) is 0. The summed E-state index contributed by atoms with van der Waals surface area (Å²) in [7, 11) is 0. The molecule has 0 aliphatic rings. The van der Waals surface area contributed by atoms with Crippen molar-refractivity contribution >= 4 is 15.9 Å². The molecule has 0 fully saturated rings. The molecule has 0 saturated carbocycles. The van der Waals surface area contributed by atoms with Gasteiger partial charge in [0.2, 0.25) is 0 Å². The van der Waals surface area contributed by atoms with E-state index >= 15 is 0 Å². The van der Waals surface area contributed by atoms with Crippen LogP contribution in [0.3, 0.4) is 0 Å². The highest BCUT2D eigenvalue weighted by molar-refractivity contribution is 9.09. The van der Waals surface area contributed by atoms with Crippen LogP contribution < -0.4 is 0 Å². The zero-order chi connectivity index (χ0) is 6.57. The largest absolute Gasteiger partial charge is 0.390 e. The van der Waals surface area contributed by atoms with Gasteiger partial charge >= 0.3 is 0 Å². The second-order valence-electron chi connectivity index (χ2n) is 1.70. The molecule has 0 aromatic heterocycles. The van der Waals surface area contributed by atoms with E-state index in [-0.39, 0.29) is 0 Å². The fourth-order valence-corrected chi connectivity index (χ4v) is 0.806. The van der Waals surface area contributed by atoms with Gasteiger partial charge in [0.15, 0.2) is 0 Å². The van der Waals surface area contributed by atoms with Crippen LogP contribution in [0.1, 0.15) is 13.3 Å². The van der Waals surface area contributed by atoms with Gasteiger partial charge in [-0.3, -0.25) is 0 Å². The molecule has 0 aliphatic heterocycles. The van der Waals surface area contributed by atoms with Crippen molar-refractivity contribution in [3.63, 3.8) is 0 Å². The fraction of sp³-hybridized carbons (Fsp3) is 1.00. The van der Waals surface area contributed by atoms with Gasteiger partial charge in [0.25, 0.3) is 0 Å². The summed E-state index contributed by atoms with van der Waals surface area (Å²) in [4.78, 5) is 0. The van der Waals surface area contributed by atoms with Crippen LogP contribution in [-0.4, -0.2) is 27.8 Å². The first-order valence-corrected chi connectivity index (χ1v) is 3.76. The molecule has 0 rings (SSSR count). The van der Waals surface area contributed by atoms with E-state index in [4.69, 9.17) is 10.2 Å². The van der Waals surface area contributed by atoms with E-state index in [0.717, 1.165) is 0 Å². The topological polar surface area (TPSA) is 40.5 Å². The molecular weight excluding hydrogens is 172 g/mol. The van der Waals surface area contributed by atoms with Crippen LogP contribution in [0, 0.1) is 0 Å². The Labute approximate surface area is 57.7 Å². The van der Waals surface area contributed by atoms with E-state index in [0.29, 0.717) is 11.8 Å². The Kier molecular flexibility index (Phi) is 4.51. The highest BCUT2D eigenvalue weighted by atomic mass is 79.9. The molecule has 0 aromatic carbocycles. The molecule has 3 heteroatoms. The van der Waals surface area contributed by atoms with Crippen molar-refractivity contribution in [2.45, 2.75) is 25.6 Å². The maximum Gasteiger partial charge on any atom is 0.0895 e. The van der Waals surface area contributed by atoms with Crippen molar-refractivity contribution in [1.29, 1.82) is 0 Å². The Morgan fingerprint density at radius 1 is 1.38 bits per heavy atom. The van der Waals surface area contributed by atoms with Gasteiger partial charge in [0.1, 0.15) is 0 Å². The number of aliphatic hydroxyl groups is 2. The monoisotopic (exact) mass is 182 g/mol. The normalized spacial score (nSPS) is 18.0. The smallest absolute Gasteiger partial charge is 0.0895 e. The average molecular weight is 183 g/mol. The maximum absolute atomic E-state index is 8.85. The van der Waals surface area contributed by atoms with E-state index in [9.17, 15) is 0 Å². The summed E-state index contributed by atoms with van der Waals surface area (Å²) in [5, 5.41) is 18.1. The molecule has 0 bridgehead atoms. The lowest BCUT2D eigenvalue weighted by atomic mass is 10.2. The number of rotatable bonds is 3. The molecule has 0 radical (unpaired) electrons. The van der Waals surface area contributed by atoms with Gasteiger partial charge in [-0.05, 0) is 6.42 Å². The van der Waals surface area contributed by atoms with Gasteiger partial charge in [0.05, 0.1) is 12.2 Å². The minimum Gasteiger partial charge on any atom is -0.390 e. The van der Waals surface area contributed by atoms with Crippen LogP contribution in [0.5, 0.6) is 0 Å². The number of aliphatic hydroxyl groups excluding tert-OH is 2. The average Bonchev–Trinajstić information content (AvgIpc) is 1.84. The molecule has 0 aromatic rings. The summed E-state index contributed by atoms with van der Waals surface area (Å²) in [6.07, 6.45) is -0.582. The summed E-state index contributed by atoms with van der Waals surface area (Å²) >= 11 is 3.05. The predicted molar refractivity (Wildman–Crippen MR) is 36.1 cm³/mol. The molecule has 0 saturated heterocycles. The van der Waals surface area contributed by atoms with E-state index in [1.165, 1.54) is 0 Å². The highest BCUT2D eigenvalue weighted by Gasteiger charge is 2.10. The van der Waals surface area contributed by atoms with Gasteiger partial charge < -0.3 is 10.2 Å². The van der Waals surface area contributed by atoms with Crippen LogP contribution in [0.15, 0.2) is 0 Å². The Balaban J connectivity index is 3.29. The lowest BCUT2D eigenvalue weighted by Crippen LogP contribution is -2.25. The molecule has 0 amide bonds. The van der Waals surface area contributed by atoms with E-state index < -0.39 is 12.2 Å². The third kappa shape index (κ3) is 2.64. The van der Waals surface area contributed by atoms with Gasteiger partial charge in [-0.25, -0.2) is 0 Å². The van der Waals surface area contributed by atoms with Crippen molar-refractivity contribution in [2.75, 3.05) is 5.33 Å². The molecule has 0 aliphatic carbocycles. The second-order valence-corrected chi connectivity index (χ2v) is 2.34. The first-order valence-electron chi connectivity index (χ1n) is 2.64. The van der Waals surface area contributed by atoms with Crippen LogP contribution >= 0.6 is 15.9 Å². The van der Waals surface area contributed by atoms with Crippen molar-refractivity contribution in [2.24, 2.45) is 0 Å². The van der Waals surface area contributed by atoms with Crippen LogP contribution in [0.4, 0.5) is 0 Å². The van der Waals surface area contributed by atoms with Crippen LogP contribution in [0.2, 0.25) is 0 Å². The Morgan fingerprint density at radius 3 is 2.00 bits per heavy atom. The Morgan fingerprint density at radius 2 is 1.88 bits per heavy atom. The van der Waals surface area contributed by atoms with E-state index in [2.05, 4.69) is 15.9 Å². The number of hydrogen-bond donors (Lipinski definition) is 2. The second kappa shape index (κ2) is 4.30. The van der Waals surface area contributed by atoms with Crippen LogP contribution in [0.25, 0.3) is 0 Å². The lowest BCUT2D eigenvalue weighted by molar-refractivity contribution is 0.0330. The predicted octanol–water partition coefficient (Wildman–Crippen LogP) is 0.513. The third-order valence-corrected chi connectivity index (χ3v) is 1.68. The van der Waals surface area contributed by atoms with Crippen LogP contribution in [-0.2, 0) is 0 Å². The molecular formula is C5H11BrO2. The number of alkyl halides is 1. The third-order valence-electron chi connectivity index (χ3n) is 1.02. The number of hydrogen-bond acceptors (Lipinski definition) is 2. The Hall–Kier alpha value is 0.400. The van der Waals surface area contributed by atoms with E-state index in [1.807, 2.05) is 6.92 Å². The first-order chi connectivity index (χ1) is 3.72. The molecule has 2 N–H and O–H groups in total. The lowest BCUT2D eigenvalue weighted by Gasteiger charge is -2.11. The highest BCUT2D eigenvalue weighted by Crippen LogP contribution is 2.00. The molecule has 2 nitrogen and oxygen atoms in total. The standard InChI is InChI=1S/C5H11BrO2/c1-2-4(7)5(8)3-6/h4-5,7-8H,2-3H2,1H3. The van der Waals surface area contributed by atoms with Gasteiger partial charge in [-0.2, -0.15) is 0 Å². The van der Waals surface area contributed by atoms with Gasteiger partial charge in [-0.15, -0.1) is 0 Å². The summed E-state index contributed by atoms with van der Waals surface area (Å²) in [6, 6.07) is 0. The quantitative estimate of drug-likeness (QED) is 0.626. The maximum atomic E-state index is 8.85. The minimum atomic E-state index is -0.611. The molecule has 8 heavy (non-hydrogen) atoms. The zero-order valence-corrected chi connectivity index (χ0v) is 6.43. The summed E-state index contributed by atoms with van der Waals surface area (Å²) in [6.45, 7) is 1.83. The SMILES string of the molecule is CCC(O)C(O)CBr. The fourth-order valence-electron chi connectivity index (χ4n) is 0.375. The molecule has 0 spiro atoms. The zero-order valence-electron chi connectivity index (χ0n) is 4.84. The Bertz CT molecular complexity index is 50.4. The first kappa shape index (κ1) is 8.40. The summed E-state index contributed by atoms with van der Waals surface area (Å²) < 4.78 is 0. The molecule has 50 valence electrons. The van der Waals surface area contributed by atoms with Crippen molar-refractivity contribution in [1.82, 2.24) is 0 Å². The van der Waals surface area contributed by atoms with Crippen molar-refractivity contribution < 1.29 is 10.2 Å². The minimum absolute atomic E-state index is 0.446. The summed E-state index contributed by atoms with van der Waals surface area (Å²) in [5.74, 6) is 0. The molecule has 2 unspecified atom stereocenters.